The van der Waals surface area contributed by atoms with Crippen LogP contribution in [0.1, 0.15) is 0 Å². The minimum Gasteiger partial charge on any atom is -0.398 e. The molecule has 0 bridgehead atoms. The van der Waals surface area contributed by atoms with E-state index in [1.807, 2.05) is 0 Å². The quantitative estimate of drug-likeness (QED) is 0.799. The number of rotatable bonds is 4. The number of nitrogen functional groups attached to an aromatic ring is 1. The normalized spacial score (nSPS) is 11.4. The van der Waals surface area contributed by atoms with Gasteiger partial charge in [0.15, 0.2) is 0 Å². The highest BCUT2D eigenvalue weighted by atomic mass is 79.9. The second-order valence-corrected chi connectivity index (χ2v) is 6.80. The van der Waals surface area contributed by atoms with Gasteiger partial charge in [0.2, 0.25) is 10.0 Å². The number of benzene rings is 1. The van der Waals surface area contributed by atoms with E-state index in [0.717, 1.165) is 4.47 Å². The van der Waals surface area contributed by atoms with Crippen molar-refractivity contribution in [2.75, 3.05) is 12.3 Å². The Bertz CT molecular complexity index is 514. The van der Waals surface area contributed by atoms with E-state index in [0.29, 0.717) is 4.48 Å². The van der Waals surface area contributed by atoms with Crippen LogP contribution < -0.4 is 10.5 Å². The summed E-state index contributed by atoms with van der Waals surface area (Å²) in [5, 5.41) is 0. The van der Waals surface area contributed by atoms with E-state index in [-0.39, 0.29) is 17.1 Å². The van der Waals surface area contributed by atoms with Gasteiger partial charge in [-0.2, -0.15) is 0 Å². The van der Waals surface area contributed by atoms with Gasteiger partial charge in [0.1, 0.15) is 4.90 Å². The van der Waals surface area contributed by atoms with E-state index in [4.69, 9.17) is 5.73 Å². The topological polar surface area (TPSA) is 72.2 Å². The first kappa shape index (κ1) is 13.7. The molecule has 7 heteroatoms. The molecule has 0 radical (unpaired) electrons. The Morgan fingerprint density at radius 3 is 2.62 bits per heavy atom. The Hall–Kier alpha value is -0.370. The monoisotopic (exact) mass is 368 g/mol. The first-order valence-corrected chi connectivity index (χ1v) is 7.28. The van der Waals surface area contributed by atoms with E-state index in [9.17, 15) is 8.42 Å². The lowest BCUT2D eigenvalue weighted by Crippen LogP contribution is -2.25. The van der Waals surface area contributed by atoms with Gasteiger partial charge < -0.3 is 5.73 Å². The summed E-state index contributed by atoms with van der Waals surface area (Å²) in [6.07, 6.45) is 0. The third kappa shape index (κ3) is 3.58. The lowest BCUT2D eigenvalue weighted by atomic mass is 10.3. The van der Waals surface area contributed by atoms with E-state index in [1.165, 1.54) is 12.1 Å². The van der Waals surface area contributed by atoms with Crippen molar-refractivity contribution >= 4 is 47.6 Å². The van der Waals surface area contributed by atoms with Crippen molar-refractivity contribution in [3.8, 4) is 0 Å². The molecule has 88 valence electrons. The van der Waals surface area contributed by atoms with Gasteiger partial charge in [-0.25, -0.2) is 13.1 Å². The van der Waals surface area contributed by atoms with Crippen LogP contribution in [0.25, 0.3) is 0 Å². The predicted molar refractivity (Wildman–Crippen MR) is 71.8 cm³/mol. The molecule has 1 rings (SSSR count). The number of nitrogens with one attached hydrogen (secondary N) is 1. The molecule has 0 unspecified atom stereocenters. The first-order valence-electron chi connectivity index (χ1n) is 4.21. The molecule has 4 nitrogen and oxygen atoms in total. The van der Waals surface area contributed by atoms with Crippen LogP contribution in [0.4, 0.5) is 5.69 Å². The molecule has 1 aromatic carbocycles. The molecule has 1 aromatic rings. The van der Waals surface area contributed by atoms with Crippen LogP contribution in [-0.4, -0.2) is 15.0 Å². The second kappa shape index (κ2) is 5.31. The summed E-state index contributed by atoms with van der Waals surface area (Å²) in [6, 6.07) is 4.60. The summed E-state index contributed by atoms with van der Waals surface area (Å²) in [5.41, 5.74) is 5.83. The average Bonchev–Trinajstić information content (AvgIpc) is 2.14. The fourth-order valence-electron chi connectivity index (χ4n) is 1.02. The maximum absolute atomic E-state index is 11.8. The molecular weight excluding hydrogens is 360 g/mol. The summed E-state index contributed by atoms with van der Waals surface area (Å²) in [7, 11) is -3.59. The molecule has 3 N–H and O–H groups in total. The van der Waals surface area contributed by atoms with Crippen LogP contribution >= 0.6 is 31.9 Å². The molecule has 0 heterocycles. The number of halogens is 2. The first-order chi connectivity index (χ1) is 7.33. The van der Waals surface area contributed by atoms with Crippen molar-refractivity contribution in [1.82, 2.24) is 4.72 Å². The van der Waals surface area contributed by atoms with Crippen molar-refractivity contribution in [1.29, 1.82) is 0 Å². The fraction of sp³-hybridized carbons (Fsp3) is 0.111. The second-order valence-electron chi connectivity index (χ2n) is 3.02. The highest BCUT2D eigenvalue weighted by Crippen LogP contribution is 2.22. The summed E-state index contributed by atoms with van der Waals surface area (Å²) < 4.78 is 27.2. The molecule has 0 fully saturated rings. The molecule has 0 atom stereocenters. The Kier molecular flexibility index (Phi) is 4.54. The lowest BCUT2D eigenvalue weighted by Gasteiger charge is -2.08. The van der Waals surface area contributed by atoms with Gasteiger partial charge in [0.05, 0.1) is 5.69 Å². The third-order valence-corrected chi connectivity index (χ3v) is 3.96. The van der Waals surface area contributed by atoms with E-state index < -0.39 is 10.0 Å². The van der Waals surface area contributed by atoms with E-state index in [2.05, 4.69) is 43.2 Å². The number of hydrogen-bond donors (Lipinski definition) is 2. The van der Waals surface area contributed by atoms with Gasteiger partial charge in [-0.1, -0.05) is 38.4 Å². The number of nitrogens with two attached hydrogens (primary N) is 1. The van der Waals surface area contributed by atoms with Gasteiger partial charge in [0, 0.05) is 15.5 Å². The van der Waals surface area contributed by atoms with Gasteiger partial charge in [-0.15, -0.1) is 0 Å². The molecule has 0 aromatic heterocycles. The Morgan fingerprint density at radius 1 is 1.50 bits per heavy atom. The van der Waals surface area contributed by atoms with Crippen molar-refractivity contribution in [3.05, 3.63) is 33.7 Å². The zero-order valence-electron chi connectivity index (χ0n) is 8.20. The minimum absolute atomic E-state index is 0.0597. The van der Waals surface area contributed by atoms with E-state index in [1.54, 1.807) is 6.07 Å². The van der Waals surface area contributed by atoms with Crippen LogP contribution in [0.5, 0.6) is 0 Å². The minimum atomic E-state index is -3.59. The van der Waals surface area contributed by atoms with Crippen LogP contribution in [0.3, 0.4) is 0 Å². The van der Waals surface area contributed by atoms with Gasteiger partial charge >= 0.3 is 0 Å². The number of anilines is 1. The summed E-state index contributed by atoms with van der Waals surface area (Å²) in [4.78, 5) is 0.0597. The SMILES string of the molecule is C=C(Br)CNS(=O)(=O)c1ccc(Br)cc1N. The summed E-state index contributed by atoms with van der Waals surface area (Å²) in [5.74, 6) is 0. The number of sulfonamides is 1. The zero-order chi connectivity index (χ0) is 12.3. The van der Waals surface area contributed by atoms with Crippen LogP contribution in [0.15, 0.2) is 38.6 Å². The molecule has 0 aliphatic heterocycles. The van der Waals surface area contributed by atoms with Gasteiger partial charge in [0.25, 0.3) is 0 Å². The molecule has 0 saturated carbocycles. The van der Waals surface area contributed by atoms with Gasteiger partial charge in [-0.3, -0.25) is 0 Å². The Morgan fingerprint density at radius 2 is 2.12 bits per heavy atom. The number of hydrogen-bond acceptors (Lipinski definition) is 3. The average molecular weight is 370 g/mol. The van der Waals surface area contributed by atoms with Gasteiger partial charge in [-0.05, 0) is 18.2 Å². The third-order valence-electron chi connectivity index (χ3n) is 1.72. The fourth-order valence-corrected chi connectivity index (χ4v) is 2.86. The van der Waals surface area contributed by atoms with Crippen molar-refractivity contribution in [2.24, 2.45) is 0 Å². The van der Waals surface area contributed by atoms with E-state index >= 15 is 0 Å². The molecule has 0 aliphatic carbocycles. The standard InChI is InChI=1S/C9H10Br2N2O2S/c1-6(10)5-13-16(14,15)9-3-2-7(11)4-8(9)12/h2-4,13H,1,5,12H2. The molecule has 16 heavy (non-hydrogen) atoms. The maximum Gasteiger partial charge on any atom is 0.242 e. The lowest BCUT2D eigenvalue weighted by molar-refractivity contribution is 0.586. The predicted octanol–water partition coefficient (Wildman–Crippen LogP) is 2.22. The van der Waals surface area contributed by atoms with Crippen molar-refractivity contribution in [2.45, 2.75) is 4.90 Å². The smallest absolute Gasteiger partial charge is 0.242 e. The maximum atomic E-state index is 11.8. The van der Waals surface area contributed by atoms with Crippen LogP contribution in [0.2, 0.25) is 0 Å². The molecule has 0 amide bonds. The molecule has 0 aliphatic rings. The van der Waals surface area contributed by atoms with Crippen molar-refractivity contribution in [3.63, 3.8) is 0 Å². The zero-order valence-corrected chi connectivity index (χ0v) is 12.2. The summed E-state index contributed by atoms with van der Waals surface area (Å²) >= 11 is 6.28. The van der Waals surface area contributed by atoms with Crippen LogP contribution in [-0.2, 0) is 10.0 Å². The highest BCUT2D eigenvalue weighted by molar-refractivity contribution is 9.11. The van der Waals surface area contributed by atoms with Crippen LogP contribution in [0, 0.1) is 0 Å². The Labute approximate surface area is 111 Å². The molecular formula is C9H10Br2N2O2S. The molecule has 0 saturated heterocycles. The van der Waals surface area contributed by atoms with Crippen molar-refractivity contribution < 1.29 is 8.42 Å². The summed E-state index contributed by atoms with van der Waals surface area (Å²) in [6.45, 7) is 3.66. The Balaban J connectivity index is 3.03. The largest absolute Gasteiger partial charge is 0.398 e. The molecule has 0 spiro atoms. The highest BCUT2D eigenvalue weighted by Gasteiger charge is 2.16.